The van der Waals surface area contributed by atoms with Crippen LogP contribution in [0.4, 0.5) is 0 Å². The normalized spacial score (nSPS) is 15.7. The van der Waals surface area contributed by atoms with Crippen molar-refractivity contribution in [1.82, 2.24) is 15.1 Å². The minimum absolute atomic E-state index is 0.155. The first-order chi connectivity index (χ1) is 16.7. The van der Waals surface area contributed by atoms with Gasteiger partial charge in [-0.25, -0.2) is 23.6 Å². The molecule has 1 aliphatic rings. The number of piperidine rings is 1. The smallest absolute Gasteiger partial charge is 0.276 e. The summed E-state index contributed by atoms with van der Waals surface area (Å²) >= 11 is 0. The molecule has 0 aromatic heterocycles. The number of nitrogens with one attached hydrogen (secondary N) is 2. The second-order valence-electron chi connectivity index (χ2n) is 8.55. The predicted octanol–water partition coefficient (Wildman–Crippen LogP) is 3.65. The van der Waals surface area contributed by atoms with E-state index in [2.05, 4.69) is 21.2 Å². The molecule has 2 aromatic carbocycles. The Bertz CT molecular complexity index is 1210. The summed E-state index contributed by atoms with van der Waals surface area (Å²) in [6.45, 7) is 9.20. The van der Waals surface area contributed by atoms with E-state index in [1.807, 2.05) is 50.2 Å². The Hall–Kier alpha value is -3.27. The lowest BCUT2D eigenvalue weighted by molar-refractivity contribution is -0.124. The molecule has 35 heavy (non-hydrogen) atoms. The summed E-state index contributed by atoms with van der Waals surface area (Å²) < 4.78 is 29.1. The predicted molar refractivity (Wildman–Crippen MR) is 137 cm³/mol. The van der Waals surface area contributed by atoms with Crippen LogP contribution < -0.4 is 10.2 Å². The number of amidine groups is 1. The van der Waals surface area contributed by atoms with Gasteiger partial charge in [-0.15, -0.1) is 0 Å². The van der Waals surface area contributed by atoms with Crippen molar-refractivity contribution < 1.29 is 18.4 Å². The maximum Gasteiger partial charge on any atom is 0.276 e. The number of likely N-dealkylation sites (tertiary alicyclic amines) is 1. The minimum Gasteiger partial charge on any atom is -0.360 e. The quantitative estimate of drug-likeness (QED) is 0.129. The first-order valence-corrected chi connectivity index (χ1v) is 13.0. The molecule has 9 heteroatoms. The van der Waals surface area contributed by atoms with Crippen LogP contribution in [0, 0.1) is 12.8 Å². The highest BCUT2D eigenvalue weighted by atomic mass is 32.2. The third-order valence-electron chi connectivity index (χ3n) is 6.15. The number of aryl methyl sites for hydroxylation is 1. The van der Waals surface area contributed by atoms with E-state index in [4.69, 9.17) is 5.21 Å². The number of hydrogen-bond acceptors (Lipinski definition) is 5. The number of rotatable bonds is 8. The van der Waals surface area contributed by atoms with Gasteiger partial charge in [-0.2, -0.15) is 0 Å². The van der Waals surface area contributed by atoms with Crippen LogP contribution in [0.5, 0.6) is 0 Å². The molecule has 0 atom stereocenters. The lowest BCUT2D eigenvalue weighted by atomic mass is 9.97. The van der Waals surface area contributed by atoms with Crippen molar-refractivity contribution in [2.75, 3.05) is 19.6 Å². The number of aliphatic imine (C=N–C) groups is 1. The first-order valence-electron chi connectivity index (χ1n) is 11.5. The third-order valence-corrected chi connectivity index (χ3v) is 7.63. The van der Waals surface area contributed by atoms with Gasteiger partial charge >= 0.3 is 0 Å². The Labute approximate surface area is 207 Å². The van der Waals surface area contributed by atoms with E-state index >= 15 is 0 Å². The highest BCUT2D eigenvalue weighted by Gasteiger charge is 2.24. The number of carbonyl (C=O) groups is 1. The van der Waals surface area contributed by atoms with Gasteiger partial charge < -0.3 is 4.90 Å². The molecular formula is C26H32N4O4S. The second-order valence-corrected chi connectivity index (χ2v) is 10.3. The van der Waals surface area contributed by atoms with Crippen molar-refractivity contribution in [2.45, 2.75) is 31.6 Å². The summed E-state index contributed by atoms with van der Waals surface area (Å²) in [5.41, 5.74) is 4.38. The summed E-state index contributed by atoms with van der Waals surface area (Å²) in [5.74, 6) is 0.271. The van der Waals surface area contributed by atoms with E-state index in [9.17, 15) is 13.2 Å². The van der Waals surface area contributed by atoms with Crippen LogP contribution in [0.25, 0.3) is 11.1 Å². The zero-order valence-corrected chi connectivity index (χ0v) is 20.9. The van der Waals surface area contributed by atoms with Gasteiger partial charge in [-0.3, -0.25) is 10.0 Å². The molecule has 0 bridgehead atoms. The monoisotopic (exact) mass is 496 g/mol. The maximum absolute atomic E-state index is 13.2. The van der Waals surface area contributed by atoms with Gasteiger partial charge in [0.2, 0.25) is 10.0 Å². The van der Waals surface area contributed by atoms with Crippen molar-refractivity contribution in [3.8, 4) is 11.1 Å². The molecule has 8 nitrogen and oxygen atoms in total. The third kappa shape index (κ3) is 6.88. The molecule has 186 valence electrons. The summed E-state index contributed by atoms with van der Waals surface area (Å²) in [5, 5.41) is 8.75. The molecule has 1 aliphatic heterocycles. The maximum atomic E-state index is 13.2. The Morgan fingerprint density at radius 3 is 2.46 bits per heavy atom. The Morgan fingerprint density at radius 1 is 1.17 bits per heavy atom. The minimum atomic E-state index is -3.67. The zero-order valence-electron chi connectivity index (χ0n) is 20.1. The fourth-order valence-electron chi connectivity index (χ4n) is 3.95. The molecule has 0 saturated carbocycles. The molecule has 3 rings (SSSR count). The van der Waals surface area contributed by atoms with Crippen LogP contribution in [-0.2, 0) is 14.8 Å². The van der Waals surface area contributed by atoms with Crippen molar-refractivity contribution in [3.05, 3.63) is 78.5 Å². The Balaban J connectivity index is 1.61. The van der Waals surface area contributed by atoms with Crippen LogP contribution in [0.15, 0.2) is 82.8 Å². The van der Waals surface area contributed by atoms with Crippen molar-refractivity contribution in [1.29, 1.82) is 0 Å². The number of sulfonamides is 1. The van der Waals surface area contributed by atoms with Gasteiger partial charge in [0.05, 0.1) is 10.5 Å². The average Bonchev–Trinajstić information content (AvgIpc) is 2.88. The van der Waals surface area contributed by atoms with Gasteiger partial charge in [0.15, 0.2) is 0 Å². The van der Waals surface area contributed by atoms with E-state index < -0.39 is 15.9 Å². The number of carbonyl (C=O) groups excluding carboxylic acids is 1. The van der Waals surface area contributed by atoms with Gasteiger partial charge in [0.1, 0.15) is 5.84 Å². The number of amides is 1. The molecular weight excluding hydrogens is 464 g/mol. The highest BCUT2D eigenvalue weighted by Crippen LogP contribution is 2.28. The van der Waals surface area contributed by atoms with Crippen LogP contribution in [0.2, 0.25) is 0 Å². The van der Waals surface area contributed by atoms with E-state index in [-0.39, 0.29) is 16.4 Å². The van der Waals surface area contributed by atoms with Gasteiger partial charge in [-0.05, 0) is 44.2 Å². The first kappa shape index (κ1) is 26.3. The van der Waals surface area contributed by atoms with E-state index in [1.54, 1.807) is 17.6 Å². The molecule has 1 saturated heterocycles. The van der Waals surface area contributed by atoms with Gasteiger partial charge in [0.25, 0.3) is 5.91 Å². The van der Waals surface area contributed by atoms with Crippen LogP contribution in [0.3, 0.4) is 0 Å². The fourth-order valence-corrected chi connectivity index (χ4v) is 5.30. The van der Waals surface area contributed by atoms with Crippen LogP contribution >= 0.6 is 0 Å². The molecule has 0 spiro atoms. The molecule has 0 radical (unpaired) electrons. The molecule has 1 amide bonds. The SMILES string of the molecule is C=C/C(=C\N=C(C)N1CCC(CNS(=O)(=O)c2ccccc2-c2ccc(C)cc2)CC1)C(=O)NO. The van der Waals surface area contributed by atoms with E-state index in [0.717, 1.165) is 42.9 Å². The lowest BCUT2D eigenvalue weighted by Gasteiger charge is -2.33. The number of hydroxylamine groups is 1. The van der Waals surface area contributed by atoms with E-state index in [0.29, 0.717) is 12.1 Å². The Morgan fingerprint density at radius 2 is 1.83 bits per heavy atom. The van der Waals surface area contributed by atoms with Gasteiger partial charge in [-0.1, -0.05) is 60.7 Å². The van der Waals surface area contributed by atoms with Crippen LogP contribution in [-0.4, -0.2) is 49.9 Å². The molecule has 0 unspecified atom stereocenters. The summed E-state index contributed by atoms with van der Waals surface area (Å²) in [6.07, 6.45) is 4.30. The molecule has 2 aromatic rings. The number of hydrogen-bond donors (Lipinski definition) is 3. The van der Waals surface area contributed by atoms with Gasteiger partial charge in [0, 0.05) is 31.4 Å². The summed E-state index contributed by atoms with van der Waals surface area (Å²) in [7, 11) is -3.67. The topological polar surface area (TPSA) is 111 Å². The largest absolute Gasteiger partial charge is 0.360 e. The molecule has 1 fully saturated rings. The molecule has 3 N–H and O–H groups in total. The van der Waals surface area contributed by atoms with Crippen molar-refractivity contribution in [2.24, 2.45) is 10.9 Å². The lowest BCUT2D eigenvalue weighted by Crippen LogP contribution is -2.40. The average molecular weight is 497 g/mol. The van der Waals surface area contributed by atoms with Crippen molar-refractivity contribution in [3.63, 3.8) is 0 Å². The van der Waals surface area contributed by atoms with Crippen LogP contribution in [0.1, 0.15) is 25.3 Å². The van der Waals surface area contributed by atoms with E-state index in [1.165, 1.54) is 12.3 Å². The molecule has 0 aliphatic carbocycles. The Kier molecular flexibility index (Phi) is 8.97. The summed E-state index contributed by atoms with van der Waals surface area (Å²) in [6, 6.07) is 14.9. The number of nitrogens with zero attached hydrogens (tertiary/aromatic N) is 2. The molecule has 1 heterocycles. The number of benzene rings is 2. The standard InChI is InChI=1S/C26H32N4O4S/c1-4-22(26(31)29-32)18-27-20(3)30-15-13-21(14-16-30)17-28-35(33,34)25-8-6-5-7-24(25)23-11-9-19(2)10-12-23/h4-12,18,21,28,32H,1,13-17H2,2-3H3,(H,29,31)/b22-18+,27-20?. The fraction of sp³-hybridized carbons (Fsp3) is 0.308. The summed E-state index contributed by atoms with van der Waals surface area (Å²) in [4.78, 5) is 18.2. The van der Waals surface area contributed by atoms with Crippen molar-refractivity contribution >= 4 is 21.8 Å². The highest BCUT2D eigenvalue weighted by molar-refractivity contribution is 7.89. The second kappa shape index (κ2) is 11.9. The zero-order chi connectivity index (χ0) is 25.4.